The molecule has 0 nitrogen and oxygen atoms in total. The van der Waals surface area contributed by atoms with Gasteiger partial charge in [-0.2, -0.15) is 0 Å². The Morgan fingerprint density at radius 3 is 2.05 bits per heavy atom. The van der Waals surface area contributed by atoms with Crippen molar-refractivity contribution >= 4 is 5.57 Å². The van der Waals surface area contributed by atoms with Gasteiger partial charge in [0.05, 0.1) is 0 Å². The van der Waals surface area contributed by atoms with Crippen LogP contribution in [-0.4, -0.2) is 0 Å². The van der Waals surface area contributed by atoms with E-state index in [1.807, 2.05) is 0 Å². The number of hydrogen-bond acceptors (Lipinski definition) is 0. The maximum atomic E-state index is 4.36. The molecule has 0 radical (unpaired) electrons. The second kappa shape index (κ2) is 6.44. The zero-order valence-corrected chi connectivity index (χ0v) is 12.9. The maximum absolute atomic E-state index is 4.36. The lowest BCUT2D eigenvalue weighted by atomic mass is 9.90. The van der Waals surface area contributed by atoms with Gasteiger partial charge in [-0.15, -0.1) is 0 Å². The minimum atomic E-state index is 0.932. The minimum Gasteiger partial charge on any atom is -0.0905 e. The van der Waals surface area contributed by atoms with Crippen molar-refractivity contribution in [1.29, 1.82) is 0 Å². The van der Waals surface area contributed by atoms with Crippen molar-refractivity contribution in [2.24, 2.45) is 0 Å². The van der Waals surface area contributed by atoms with Crippen molar-refractivity contribution in [3.05, 3.63) is 113 Å². The van der Waals surface area contributed by atoms with Gasteiger partial charge < -0.3 is 0 Å². The smallest absolute Gasteiger partial charge is 0.00196 e. The lowest BCUT2D eigenvalue weighted by Gasteiger charge is -2.14. The first-order valence-corrected chi connectivity index (χ1v) is 7.63. The summed E-state index contributed by atoms with van der Waals surface area (Å²) in [6.45, 7) is 6.50. The highest BCUT2D eigenvalue weighted by Gasteiger charge is 2.09. The van der Waals surface area contributed by atoms with Crippen molar-refractivity contribution < 1.29 is 0 Å². The lowest BCUT2D eigenvalue weighted by molar-refractivity contribution is 1.18. The van der Waals surface area contributed by atoms with Crippen LogP contribution in [0.2, 0.25) is 0 Å². The van der Waals surface area contributed by atoms with E-state index < -0.39 is 0 Å². The van der Waals surface area contributed by atoms with Gasteiger partial charge >= 0.3 is 0 Å². The highest BCUT2D eigenvalue weighted by atomic mass is 14.1. The standard InChI is InChI=1S/C22H20/c1-17-10-6-8-14-21(17)18(2)22-15-9-7-13-20(22)16-19-11-4-3-5-12-19/h3-15H,2,16H2,1H3. The highest BCUT2D eigenvalue weighted by molar-refractivity contribution is 5.81. The average Bonchev–Trinajstić information content (AvgIpc) is 2.56. The van der Waals surface area contributed by atoms with Crippen LogP contribution in [0.4, 0.5) is 0 Å². The Balaban J connectivity index is 1.98. The van der Waals surface area contributed by atoms with Crippen LogP contribution < -0.4 is 0 Å². The van der Waals surface area contributed by atoms with Crippen LogP contribution in [0.3, 0.4) is 0 Å². The molecule has 0 heteroatoms. The molecule has 0 heterocycles. The lowest BCUT2D eigenvalue weighted by Crippen LogP contribution is -1.97. The van der Waals surface area contributed by atoms with Gasteiger partial charge in [-0.25, -0.2) is 0 Å². The Kier molecular flexibility index (Phi) is 4.20. The van der Waals surface area contributed by atoms with Gasteiger partial charge in [-0.1, -0.05) is 85.4 Å². The van der Waals surface area contributed by atoms with E-state index in [0.29, 0.717) is 0 Å². The van der Waals surface area contributed by atoms with Crippen molar-refractivity contribution in [2.75, 3.05) is 0 Å². The van der Waals surface area contributed by atoms with Gasteiger partial charge in [-0.3, -0.25) is 0 Å². The van der Waals surface area contributed by atoms with Crippen molar-refractivity contribution in [2.45, 2.75) is 13.3 Å². The maximum Gasteiger partial charge on any atom is -0.00196 e. The van der Waals surface area contributed by atoms with Crippen LogP contribution in [0.5, 0.6) is 0 Å². The Hall–Kier alpha value is -2.60. The SMILES string of the molecule is C=C(c1ccccc1C)c1ccccc1Cc1ccccc1. The number of aryl methyl sites for hydroxylation is 1. The summed E-state index contributed by atoms with van der Waals surface area (Å²) in [5, 5.41) is 0. The summed E-state index contributed by atoms with van der Waals surface area (Å²) in [4.78, 5) is 0. The molecule has 22 heavy (non-hydrogen) atoms. The summed E-state index contributed by atoms with van der Waals surface area (Å²) < 4.78 is 0. The van der Waals surface area contributed by atoms with E-state index in [1.54, 1.807) is 0 Å². The van der Waals surface area contributed by atoms with Crippen LogP contribution in [0.25, 0.3) is 5.57 Å². The van der Waals surface area contributed by atoms with E-state index in [-0.39, 0.29) is 0 Å². The molecule has 0 unspecified atom stereocenters. The number of hydrogen-bond donors (Lipinski definition) is 0. The molecular formula is C22H20. The molecule has 0 spiro atoms. The van der Waals surface area contributed by atoms with E-state index in [2.05, 4.69) is 92.4 Å². The summed E-state index contributed by atoms with van der Waals surface area (Å²) in [5.41, 5.74) is 7.48. The zero-order chi connectivity index (χ0) is 15.4. The fraction of sp³-hybridized carbons (Fsp3) is 0.0909. The molecule has 0 fully saturated rings. The van der Waals surface area contributed by atoms with Gasteiger partial charge in [0.15, 0.2) is 0 Å². The predicted octanol–water partition coefficient (Wildman–Crippen LogP) is 5.65. The summed E-state index contributed by atoms with van der Waals surface area (Å²) in [6, 6.07) is 27.6. The Morgan fingerprint density at radius 2 is 1.32 bits per heavy atom. The summed E-state index contributed by atoms with van der Waals surface area (Å²) >= 11 is 0. The van der Waals surface area contributed by atoms with Crippen LogP contribution in [0, 0.1) is 6.92 Å². The van der Waals surface area contributed by atoms with E-state index in [9.17, 15) is 0 Å². The molecule has 0 aliphatic rings. The van der Waals surface area contributed by atoms with Gasteiger partial charge in [0.25, 0.3) is 0 Å². The van der Waals surface area contributed by atoms with Crippen LogP contribution in [0.15, 0.2) is 85.4 Å². The Morgan fingerprint density at radius 1 is 0.727 bits per heavy atom. The summed E-state index contributed by atoms with van der Waals surface area (Å²) in [7, 11) is 0. The molecule has 0 aliphatic heterocycles. The largest absolute Gasteiger partial charge is 0.0905 e. The van der Waals surface area contributed by atoms with E-state index in [0.717, 1.165) is 12.0 Å². The molecule has 0 aromatic heterocycles. The van der Waals surface area contributed by atoms with Gasteiger partial charge in [0.1, 0.15) is 0 Å². The van der Waals surface area contributed by atoms with Crippen LogP contribution >= 0.6 is 0 Å². The first-order chi connectivity index (χ1) is 10.8. The molecular weight excluding hydrogens is 264 g/mol. The third-order valence-electron chi connectivity index (χ3n) is 4.05. The highest BCUT2D eigenvalue weighted by Crippen LogP contribution is 2.28. The normalized spacial score (nSPS) is 10.4. The van der Waals surface area contributed by atoms with Crippen molar-refractivity contribution in [3.63, 3.8) is 0 Å². The topological polar surface area (TPSA) is 0 Å². The van der Waals surface area contributed by atoms with E-state index in [4.69, 9.17) is 0 Å². The monoisotopic (exact) mass is 284 g/mol. The molecule has 0 N–H and O–H groups in total. The molecule has 0 amide bonds. The van der Waals surface area contributed by atoms with Gasteiger partial charge in [0.2, 0.25) is 0 Å². The first-order valence-electron chi connectivity index (χ1n) is 7.63. The molecule has 0 saturated heterocycles. The molecule has 0 saturated carbocycles. The third kappa shape index (κ3) is 3.01. The molecule has 3 aromatic rings. The van der Waals surface area contributed by atoms with E-state index >= 15 is 0 Å². The van der Waals surface area contributed by atoms with Crippen LogP contribution in [0.1, 0.15) is 27.8 Å². The Labute approximate surface area is 132 Å². The molecule has 0 bridgehead atoms. The van der Waals surface area contributed by atoms with E-state index in [1.165, 1.54) is 27.8 Å². The number of benzene rings is 3. The third-order valence-corrected chi connectivity index (χ3v) is 4.05. The molecule has 3 aromatic carbocycles. The second-order valence-electron chi connectivity index (χ2n) is 5.61. The minimum absolute atomic E-state index is 0.932. The molecule has 3 rings (SSSR count). The Bertz CT molecular complexity index is 782. The van der Waals surface area contributed by atoms with Crippen LogP contribution in [-0.2, 0) is 6.42 Å². The number of rotatable bonds is 4. The molecule has 0 aliphatic carbocycles. The predicted molar refractivity (Wildman–Crippen MR) is 95.0 cm³/mol. The van der Waals surface area contributed by atoms with Crippen molar-refractivity contribution in [3.8, 4) is 0 Å². The van der Waals surface area contributed by atoms with Gasteiger partial charge in [0, 0.05) is 0 Å². The fourth-order valence-corrected chi connectivity index (χ4v) is 2.84. The average molecular weight is 284 g/mol. The zero-order valence-electron chi connectivity index (χ0n) is 12.9. The summed E-state index contributed by atoms with van der Waals surface area (Å²) in [5.74, 6) is 0. The first kappa shape index (κ1) is 14.3. The molecule has 108 valence electrons. The summed E-state index contributed by atoms with van der Waals surface area (Å²) in [6.07, 6.45) is 0.932. The fourth-order valence-electron chi connectivity index (χ4n) is 2.84. The quantitative estimate of drug-likeness (QED) is 0.581. The van der Waals surface area contributed by atoms with Gasteiger partial charge in [-0.05, 0) is 46.7 Å². The van der Waals surface area contributed by atoms with Crippen molar-refractivity contribution in [1.82, 2.24) is 0 Å². The molecule has 0 atom stereocenters. The second-order valence-corrected chi connectivity index (χ2v) is 5.61.